The molecule has 0 amide bonds. The van der Waals surface area contributed by atoms with Crippen molar-refractivity contribution in [1.82, 2.24) is 14.9 Å². The summed E-state index contributed by atoms with van der Waals surface area (Å²) in [6.07, 6.45) is 2.36. The van der Waals surface area contributed by atoms with Gasteiger partial charge in [-0.25, -0.2) is 14.4 Å². The summed E-state index contributed by atoms with van der Waals surface area (Å²) in [6.45, 7) is 1.62. The van der Waals surface area contributed by atoms with Gasteiger partial charge < -0.3 is 5.32 Å². The van der Waals surface area contributed by atoms with Gasteiger partial charge in [0.1, 0.15) is 29.7 Å². The summed E-state index contributed by atoms with van der Waals surface area (Å²) in [5, 5.41) is 12.3. The number of nitrogens with one attached hydrogen (secondary N) is 1. The van der Waals surface area contributed by atoms with E-state index in [1.165, 1.54) is 12.4 Å². The molecule has 1 aliphatic rings. The van der Waals surface area contributed by atoms with Gasteiger partial charge in [-0.1, -0.05) is 17.7 Å². The second-order valence-electron chi connectivity index (χ2n) is 5.93. The zero-order valence-electron chi connectivity index (χ0n) is 13.2. The van der Waals surface area contributed by atoms with E-state index < -0.39 is 5.82 Å². The van der Waals surface area contributed by atoms with Crippen molar-refractivity contribution in [3.05, 3.63) is 52.7 Å². The summed E-state index contributed by atoms with van der Waals surface area (Å²) < 4.78 is 13.8. The second kappa shape index (κ2) is 7.12. The smallest absolute Gasteiger partial charge is 0.145 e. The number of nitrogens with zero attached hydrogens (tertiary/aromatic N) is 4. The molecule has 0 aliphatic carbocycles. The first-order valence-electron chi connectivity index (χ1n) is 7.69. The number of likely N-dealkylation sites (tertiary alicyclic amines) is 1. The third kappa shape index (κ3) is 3.48. The van der Waals surface area contributed by atoms with Crippen LogP contribution in [0, 0.1) is 23.1 Å². The highest BCUT2D eigenvalue weighted by molar-refractivity contribution is 6.30. The largest absolute Gasteiger partial charge is 0.370 e. The molecule has 1 aromatic heterocycles. The van der Waals surface area contributed by atoms with Gasteiger partial charge in [-0.3, -0.25) is 4.90 Å². The highest BCUT2D eigenvalue weighted by Crippen LogP contribution is 2.37. The van der Waals surface area contributed by atoms with Gasteiger partial charge in [0, 0.05) is 18.7 Å². The van der Waals surface area contributed by atoms with E-state index in [2.05, 4.69) is 20.2 Å². The fourth-order valence-electron chi connectivity index (χ4n) is 3.21. The molecule has 0 unspecified atom stereocenters. The number of rotatable bonds is 4. The summed E-state index contributed by atoms with van der Waals surface area (Å²) in [4.78, 5) is 10.2. The first-order valence-corrected chi connectivity index (χ1v) is 8.07. The van der Waals surface area contributed by atoms with Crippen LogP contribution in [0.3, 0.4) is 0 Å². The van der Waals surface area contributed by atoms with E-state index in [0.717, 1.165) is 18.5 Å². The van der Waals surface area contributed by atoms with E-state index in [9.17, 15) is 4.39 Å². The topological polar surface area (TPSA) is 64.8 Å². The van der Waals surface area contributed by atoms with Gasteiger partial charge in [0.15, 0.2) is 0 Å². The van der Waals surface area contributed by atoms with Gasteiger partial charge in [0.05, 0.1) is 5.02 Å². The molecule has 1 fully saturated rings. The molecule has 1 aliphatic heterocycles. The first-order chi connectivity index (χ1) is 11.6. The van der Waals surface area contributed by atoms with Crippen molar-refractivity contribution in [3.63, 3.8) is 0 Å². The predicted octanol–water partition coefficient (Wildman–Crippen LogP) is 3.25. The van der Waals surface area contributed by atoms with Crippen molar-refractivity contribution in [2.75, 3.05) is 25.5 Å². The Bertz CT molecular complexity index is 776. The highest BCUT2D eigenvalue weighted by Gasteiger charge is 2.33. The minimum Gasteiger partial charge on any atom is -0.370 e. The molecule has 2 atom stereocenters. The summed E-state index contributed by atoms with van der Waals surface area (Å²) in [5.41, 5.74) is 1.25. The minimum atomic E-state index is -0.393. The monoisotopic (exact) mass is 345 g/mol. The average molecular weight is 346 g/mol. The molecular weight excluding hydrogens is 329 g/mol. The van der Waals surface area contributed by atoms with Crippen LogP contribution in [-0.2, 0) is 0 Å². The Morgan fingerprint density at radius 2 is 2.25 bits per heavy atom. The van der Waals surface area contributed by atoms with Crippen LogP contribution in [0.15, 0.2) is 30.6 Å². The van der Waals surface area contributed by atoms with Crippen molar-refractivity contribution >= 4 is 17.4 Å². The Labute approximate surface area is 145 Å². The molecule has 1 aromatic carbocycles. The van der Waals surface area contributed by atoms with Gasteiger partial charge in [-0.05, 0) is 43.6 Å². The molecule has 5 nitrogen and oxygen atoms in total. The fraction of sp³-hybridized carbons (Fsp3) is 0.353. The number of benzene rings is 1. The van der Waals surface area contributed by atoms with Crippen molar-refractivity contribution in [3.8, 4) is 6.07 Å². The average Bonchev–Trinajstić information content (AvgIpc) is 2.96. The Morgan fingerprint density at radius 1 is 1.42 bits per heavy atom. The number of aromatic nitrogens is 2. The molecule has 0 bridgehead atoms. The molecule has 0 spiro atoms. The van der Waals surface area contributed by atoms with E-state index in [-0.39, 0.29) is 11.1 Å². The lowest BCUT2D eigenvalue weighted by atomic mass is 9.93. The molecule has 1 N–H and O–H groups in total. The lowest BCUT2D eigenvalue weighted by Crippen LogP contribution is -2.25. The van der Waals surface area contributed by atoms with E-state index in [0.29, 0.717) is 24.0 Å². The van der Waals surface area contributed by atoms with E-state index >= 15 is 0 Å². The quantitative estimate of drug-likeness (QED) is 0.921. The van der Waals surface area contributed by atoms with Gasteiger partial charge in [-0.2, -0.15) is 5.26 Å². The number of hydrogen-bond acceptors (Lipinski definition) is 5. The molecule has 2 aromatic rings. The van der Waals surface area contributed by atoms with Crippen molar-refractivity contribution in [2.45, 2.75) is 12.5 Å². The molecule has 124 valence electrons. The molecule has 2 heterocycles. The SMILES string of the molecule is CN1CC[C@H](CNc2cc(C#N)ncn2)[C@@H]1c1ccc(Cl)c(F)c1. The maximum atomic E-state index is 13.8. The van der Waals surface area contributed by atoms with Crippen LogP contribution in [0.4, 0.5) is 10.2 Å². The summed E-state index contributed by atoms with van der Waals surface area (Å²) in [5.74, 6) is 0.531. The molecule has 7 heteroatoms. The van der Waals surface area contributed by atoms with Crippen molar-refractivity contribution < 1.29 is 4.39 Å². The maximum absolute atomic E-state index is 13.8. The standard InChI is InChI=1S/C17H17ClFN5/c1-24-5-4-12(9-21-16-7-13(8-20)22-10-23-16)17(24)11-2-3-14(18)15(19)6-11/h2-3,6-7,10,12,17H,4-5,9H2,1H3,(H,21,22,23)/t12-,17+/m1/s1. The zero-order valence-corrected chi connectivity index (χ0v) is 14.0. The third-order valence-electron chi connectivity index (χ3n) is 4.39. The minimum absolute atomic E-state index is 0.113. The molecule has 1 saturated heterocycles. The van der Waals surface area contributed by atoms with E-state index in [4.69, 9.17) is 16.9 Å². The molecular formula is C17H17ClFN5. The summed E-state index contributed by atoms with van der Waals surface area (Å²) in [7, 11) is 2.04. The van der Waals surface area contributed by atoms with Crippen LogP contribution in [0.5, 0.6) is 0 Å². The second-order valence-corrected chi connectivity index (χ2v) is 6.34. The van der Waals surface area contributed by atoms with Gasteiger partial charge in [0.2, 0.25) is 0 Å². The molecule has 24 heavy (non-hydrogen) atoms. The summed E-state index contributed by atoms with van der Waals surface area (Å²) >= 11 is 5.79. The third-order valence-corrected chi connectivity index (χ3v) is 4.69. The van der Waals surface area contributed by atoms with Crippen LogP contribution in [0.2, 0.25) is 5.02 Å². The van der Waals surface area contributed by atoms with Crippen LogP contribution in [0.1, 0.15) is 23.7 Å². The fourth-order valence-corrected chi connectivity index (χ4v) is 3.33. The maximum Gasteiger partial charge on any atom is 0.145 e. The first kappa shape index (κ1) is 16.6. The van der Waals surface area contributed by atoms with E-state index in [1.54, 1.807) is 12.1 Å². The number of nitriles is 1. The normalized spacial score (nSPS) is 20.8. The Hall–Kier alpha value is -2.23. The van der Waals surface area contributed by atoms with Crippen molar-refractivity contribution in [1.29, 1.82) is 5.26 Å². The van der Waals surface area contributed by atoms with Crippen molar-refractivity contribution in [2.24, 2.45) is 5.92 Å². The van der Waals surface area contributed by atoms with Gasteiger partial charge in [0.25, 0.3) is 0 Å². The van der Waals surface area contributed by atoms with Gasteiger partial charge in [-0.15, -0.1) is 0 Å². The van der Waals surface area contributed by atoms with Crippen LogP contribution >= 0.6 is 11.6 Å². The lowest BCUT2D eigenvalue weighted by molar-refractivity contribution is 0.281. The summed E-state index contributed by atoms with van der Waals surface area (Å²) in [6, 6.07) is 8.72. The van der Waals surface area contributed by atoms with E-state index in [1.807, 2.05) is 19.2 Å². The molecule has 0 saturated carbocycles. The Balaban J connectivity index is 1.74. The van der Waals surface area contributed by atoms with Crippen LogP contribution < -0.4 is 5.32 Å². The number of hydrogen-bond donors (Lipinski definition) is 1. The Morgan fingerprint density at radius 3 is 3.00 bits per heavy atom. The predicted molar refractivity (Wildman–Crippen MR) is 90.1 cm³/mol. The molecule has 3 rings (SSSR count). The lowest BCUT2D eigenvalue weighted by Gasteiger charge is -2.26. The highest BCUT2D eigenvalue weighted by atomic mass is 35.5. The molecule has 0 radical (unpaired) electrons. The zero-order chi connectivity index (χ0) is 17.1. The van der Waals surface area contributed by atoms with Crippen LogP contribution in [-0.4, -0.2) is 35.0 Å². The van der Waals surface area contributed by atoms with Gasteiger partial charge >= 0.3 is 0 Å². The Kier molecular flexibility index (Phi) is 4.93. The number of anilines is 1. The van der Waals surface area contributed by atoms with Crippen LogP contribution in [0.25, 0.3) is 0 Å². The number of halogens is 2.